The largest absolute Gasteiger partial charge is 0.399 e. The number of H-pyrrole nitrogens is 1. The van der Waals surface area contributed by atoms with Crippen LogP contribution in [0.5, 0.6) is 0 Å². The molecule has 2 rings (SSSR count). The Morgan fingerprint density at radius 3 is 2.76 bits per heavy atom. The van der Waals surface area contributed by atoms with E-state index in [1.807, 2.05) is 12.1 Å². The average Bonchev–Trinajstić information content (AvgIpc) is 2.81. The van der Waals surface area contributed by atoms with Crippen LogP contribution in [0.25, 0.3) is 6.08 Å². The molecule has 86 valence electrons. The van der Waals surface area contributed by atoms with E-state index in [0.717, 1.165) is 5.56 Å². The molecular weight excluding hydrogens is 216 g/mol. The molecule has 0 bridgehead atoms. The number of amides is 1. The third-order valence-corrected chi connectivity index (χ3v) is 2.13. The Kier molecular flexibility index (Phi) is 3.20. The van der Waals surface area contributed by atoms with E-state index in [4.69, 9.17) is 5.73 Å². The Hall–Kier alpha value is -2.56. The number of hydrogen-bond acceptors (Lipinski definition) is 3. The number of carbonyl (C=O) groups is 1. The zero-order valence-corrected chi connectivity index (χ0v) is 9.05. The number of benzene rings is 1. The average molecular weight is 228 g/mol. The molecule has 4 N–H and O–H groups in total. The molecule has 5 nitrogen and oxygen atoms in total. The van der Waals surface area contributed by atoms with Crippen LogP contribution in [0.2, 0.25) is 0 Å². The van der Waals surface area contributed by atoms with Gasteiger partial charge in [-0.1, -0.05) is 12.1 Å². The SMILES string of the molecule is Nc1ccc(/C=C/C(=O)Nc2cn[nH]c2)cc1. The fourth-order valence-electron chi connectivity index (χ4n) is 1.28. The predicted octanol–water partition coefficient (Wildman–Crippen LogP) is 1.64. The highest BCUT2D eigenvalue weighted by Gasteiger charge is 1.97. The lowest BCUT2D eigenvalue weighted by Crippen LogP contribution is -2.06. The van der Waals surface area contributed by atoms with Gasteiger partial charge in [0, 0.05) is 18.0 Å². The van der Waals surface area contributed by atoms with Gasteiger partial charge in [0.05, 0.1) is 11.9 Å². The smallest absolute Gasteiger partial charge is 0.248 e. The third kappa shape index (κ3) is 3.20. The minimum absolute atomic E-state index is 0.205. The van der Waals surface area contributed by atoms with Crippen molar-refractivity contribution < 1.29 is 4.79 Å². The van der Waals surface area contributed by atoms with Crippen LogP contribution in [0, 0.1) is 0 Å². The van der Waals surface area contributed by atoms with Crippen molar-refractivity contribution in [3.05, 3.63) is 48.3 Å². The molecule has 1 aromatic carbocycles. The minimum atomic E-state index is -0.205. The summed E-state index contributed by atoms with van der Waals surface area (Å²) in [6.07, 6.45) is 6.32. The van der Waals surface area contributed by atoms with E-state index in [1.165, 1.54) is 12.3 Å². The Bertz CT molecular complexity index is 514. The lowest BCUT2D eigenvalue weighted by atomic mass is 10.2. The lowest BCUT2D eigenvalue weighted by Gasteiger charge is -1.97. The Morgan fingerprint density at radius 1 is 1.35 bits per heavy atom. The van der Waals surface area contributed by atoms with Crippen molar-refractivity contribution in [1.82, 2.24) is 10.2 Å². The molecule has 17 heavy (non-hydrogen) atoms. The first-order valence-electron chi connectivity index (χ1n) is 5.07. The van der Waals surface area contributed by atoms with E-state index in [-0.39, 0.29) is 5.91 Å². The van der Waals surface area contributed by atoms with Gasteiger partial charge in [0.25, 0.3) is 0 Å². The maximum absolute atomic E-state index is 11.5. The fourth-order valence-corrected chi connectivity index (χ4v) is 1.28. The molecule has 2 aromatic rings. The van der Waals surface area contributed by atoms with E-state index in [0.29, 0.717) is 11.4 Å². The van der Waals surface area contributed by atoms with E-state index in [2.05, 4.69) is 15.5 Å². The van der Waals surface area contributed by atoms with Gasteiger partial charge in [-0.3, -0.25) is 9.89 Å². The summed E-state index contributed by atoms with van der Waals surface area (Å²) in [5.74, 6) is -0.205. The molecule has 0 radical (unpaired) electrons. The van der Waals surface area contributed by atoms with Crippen LogP contribution in [0.15, 0.2) is 42.7 Å². The summed E-state index contributed by atoms with van der Waals surface area (Å²) in [7, 11) is 0. The van der Waals surface area contributed by atoms with E-state index in [9.17, 15) is 4.79 Å². The van der Waals surface area contributed by atoms with Crippen LogP contribution >= 0.6 is 0 Å². The number of aromatic nitrogens is 2. The highest BCUT2D eigenvalue weighted by atomic mass is 16.1. The second kappa shape index (κ2) is 4.98. The number of nitrogens with one attached hydrogen (secondary N) is 2. The molecule has 1 heterocycles. The van der Waals surface area contributed by atoms with Gasteiger partial charge in [0.1, 0.15) is 0 Å². The molecule has 5 heteroatoms. The number of nitrogens with zero attached hydrogens (tertiary/aromatic N) is 1. The Labute approximate surface area is 98.3 Å². The first-order valence-corrected chi connectivity index (χ1v) is 5.07. The maximum Gasteiger partial charge on any atom is 0.248 e. The van der Waals surface area contributed by atoms with Crippen molar-refractivity contribution in [1.29, 1.82) is 0 Å². The van der Waals surface area contributed by atoms with Crippen molar-refractivity contribution in [3.63, 3.8) is 0 Å². The molecule has 1 amide bonds. The van der Waals surface area contributed by atoms with Gasteiger partial charge in [-0.05, 0) is 23.8 Å². The van der Waals surface area contributed by atoms with E-state index < -0.39 is 0 Å². The van der Waals surface area contributed by atoms with Crippen molar-refractivity contribution in [2.24, 2.45) is 0 Å². The first-order chi connectivity index (χ1) is 8.24. The van der Waals surface area contributed by atoms with Crippen molar-refractivity contribution in [3.8, 4) is 0 Å². The molecule has 0 atom stereocenters. The zero-order chi connectivity index (χ0) is 12.1. The second-order valence-corrected chi connectivity index (χ2v) is 3.48. The van der Waals surface area contributed by atoms with Crippen molar-refractivity contribution in [2.45, 2.75) is 0 Å². The second-order valence-electron chi connectivity index (χ2n) is 3.48. The number of anilines is 2. The van der Waals surface area contributed by atoms with Gasteiger partial charge in [-0.15, -0.1) is 0 Å². The van der Waals surface area contributed by atoms with Crippen LogP contribution in [-0.4, -0.2) is 16.1 Å². The van der Waals surface area contributed by atoms with Crippen LogP contribution in [0.1, 0.15) is 5.56 Å². The monoisotopic (exact) mass is 228 g/mol. The molecule has 0 aliphatic carbocycles. The summed E-state index contributed by atoms with van der Waals surface area (Å²) < 4.78 is 0. The highest BCUT2D eigenvalue weighted by molar-refractivity contribution is 6.01. The fraction of sp³-hybridized carbons (Fsp3) is 0. The van der Waals surface area contributed by atoms with E-state index in [1.54, 1.807) is 24.4 Å². The maximum atomic E-state index is 11.5. The summed E-state index contributed by atoms with van der Waals surface area (Å²) in [5, 5.41) is 9.00. The number of rotatable bonds is 3. The molecular formula is C12H12N4O. The summed E-state index contributed by atoms with van der Waals surface area (Å²) in [6.45, 7) is 0. The number of nitrogen functional groups attached to an aromatic ring is 1. The van der Waals surface area contributed by atoms with Crippen LogP contribution in [0.3, 0.4) is 0 Å². The predicted molar refractivity (Wildman–Crippen MR) is 67.1 cm³/mol. The van der Waals surface area contributed by atoms with Gasteiger partial charge < -0.3 is 11.1 Å². The summed E-state index contributed by atoms with van der Waals surface area (Å²) in [5.41, 5.74) is 7.81. The molecule has 0 unspecified atom stereocenters. The van der Waals surface area contributed by atoms with Crippen LogP contribution in [-0.2, 0) is 4.79 Å². The van der Waals surface area contributed by atoms with Crippen molar-refractivity contribution in [2.75, 3.05) is 11.1 Å². The molecule has 0 saturated carbocycles. The van der Waals surface area contributed by atoms with Gasteiger partial charge in [-0.25, -0.2) is 0 Å². The zero-order valence-electron chi connectivity index (χ0n) is 9.05. The minimum Gasteiger partial charge on any atom is -0.399 e. The van der Waals surface area contributed by atoms with Crippen LogP contribution in [0.4, 0.5) is 11.4 Å². The molecule has 0 spiro atoms. The topological polar surface area (TPSA) is 83.8 Å². The normalized spacial score (nSPS) is 10.6. The quantitative estimate of drug-likeness (QED) is 0.551. The standard InChI is InChI=1S/C12H12N4O/c13-10-4-1-9(2-5-10)3-6-12(17)16-11-7-14-15-8-11/h1-8H,13H2,(H,14,15)(H,16,17)/b6-3+. The highest BCUT2D eigenvalue weighted by Crippen LogP contribution is 2.07. The van der Waals surface area contributed by atoms with E-state index >= 15 is 0 Å². The third-order valence-electron chi connectivity index (χ3n) is 2.13. The Balaban J connectivity index is 1.96. The van der Waals surface area contributed by atoms with Crippen LogP contribution < -0.4 is 11.1 Å². The number of aromatic amines is 1. The Morgan fingerprint density at radius 2 is 2.12 bits per heavy atom. The molecule has 0 aliphatic rings. The van der Waals surface area contributed by atoms with Gasteiger partial charge >= 0.3 is 0 Å². The van der Waals surface area contributed by atoms with Gasteiger partial charge in [0.2, 0.25) is 5.91 Å². The summed E-state index contributed by atoms with van der Waals surface area (Å²) in [4.78, 5) is 11.5. The summed E-state index contributed by atoms with van der Waals surface area (Å²) >= 11 is 0. The lowest BCUT2D eigenvalue weighted by molar-refractivity contribution is -0.111. The van der Waals surface area contributed by atoms with Crippen molar-refractivity contribution >= 4 is 23.4 Å². The number of carbonyl (C=O) groups excluding carboxylic acids is 1. The molecule has 0 fully saturated rings. The number of hydrogen-bond donors (Lipinski definition) is 3. The summed E-state index contributed by atoms with van der Waals surface area (Å²) in [6, 6.07) is 7.26. The first kappa shape index (κ1) is 10.9. The van der Waals surface area contributed by atoms with Gasteiger partial charge in [-0.2, -0.15) is 5.10 Å². The van der Waals surface area contributed by atoms with Gasteiger partial charge in [0.15, 0.2) is 0 Å². The molecule has 0 aliphatic heterocycles. The number of nitrogens with two attached hydrogens (primary N) is 1. The molecule has 1 aromatic heterocycles. The molecule has 0 saturated heterocycles.